The van der Waals surface area contributed by atoms with Crippen molar-refractivity contribution in [3.63, 3.8) is 0 Å². The van der Waals surface area contributed by atoms with Gasteiger partial charge < -0.3 is 24.7 Å². The molecule has 0 unspecified atom stereocenters. The Labute approximate surface area is 153 Å². The second kappa shape index (κ2) is 8.23. The first kappa shape index (κ1) is 19.8. The molecule has 7 nitrogen and oxygen atoms in total. The van der Waals surface area contributed by atoms with Crippen LogP contribution < -0.4 is 10.6 Å². The van der Waals surface area contributed by atoms with E-state index in [1.807, 2.05) is 43.3 Å². The highest BCUT2D eigenvalue weighted by molar-refractivity contribution is 5.99. The lowest BCUT2D eigenvalue weighted by atomic mass is 10.1. The third-order valence-electron chi connectivity index (χ3n) is 3.46. The van der Waals surface area contributed by atoms with Crippen molar-refractivity contribution in [1.29, 1.82) is 0 Å². The normalized spacial score (nSPS) is 11.6. The number of carbonyl (C=O) groups excluding carboxylic acids is 2. The van der Waals surface area contributed by atoms with Gasteiger partial charge in [-0.3, -0.25) is 4.79 Å². The van der Waals surface area contributed by atoms with Crippen LogP contribution in [0.2, 0.25) is 0 Å². The Morgan fingerprint density at radius 3 is 2.42 bits per heavy atom. The molecule has 2 N–H and O–H groups in total. The van der Waals surface area contributed by atoms with Crippen LogP contribution in [-0.2, 0) is 11.3 Å². The largest absolute Gasteiger partial charge is 0.451 e. The van der Waals surface area contributed by atoms with Crippen LogP contribution in [0.15, 0.2) is 28.7 Å². The molecule has 7 heteroatoms. The number of hydrogen-bond donors (Lipinski definition) is 2. The summed E-state index contributed by atoms with van der Waals surface area (Å²) in [6.07, 6.45) is -0.510. The molecule has 0 aliphatic heterocycles. The number of nitrogens with one attached hydrogen (secondary N) is 2. The van der Waals surface area contributed by atoms with E-state index in [4.69, 9.17) is 9.15 Å². The summed E-state index contributed by atoms with van der Waals surface area (Å²) in [6, 6.07) is 7.58. The lowest BCUT2D eigenvalue weighted by Crippen LogP contribution is -2.38. The quantitative estimate of drug-likeness (QED) is 0.773. The van der Waals surface area contributed by atoms with Crippen molar-refractivity contribution in [1.82, 2.24) is 15.5 Å². The molecule has 0 saturated carbocycles. The Kier molecular flexibility index (Phi) is 6.26. The molecular formula is C19H27N3O4. The number of rotatable bonds is 6. The van der Waals surface area contributed by atoms with Crippen molar-refractivity contribution >= 4 is 23.0 Å². The highest BCUT2D eigenvalue weighted by Gasteiger charge is 2.21. The molecule has 0 spiro atoms. The van der Waals surface area contributed by atoms with E-state index >= 15 is 0 Å². The summed E-state index contributed by atoms with van der Waals surface area (Å²) in [7, 11) is 3.88. The topological polar surface area (TPSA) is 83.8 Å². The Bertz CT molecular complexity index is 775. The second-order valence-electron chi connectivity index (χ2n) is 7.33. The molecule has 0 saturated heterocycles. The summed E-state index contributed by atoms with van der Waals surface area (Å²) >= 11 is 0. The zero-order chi connectivity index (χ0) is 19.3. The van der Waals surface area contributed by atoms with Gasteiger partial charge in [-0.15, -0.1) is 0 Å². The fourth-order valence-corrected chi connectivity index (χ4v) is 2.49. The van der Waals surface area contributed by atoms with E-state index in [0.717, 1.165) is 10.9 Å². The third-order valence-corrected chi connectivity index (χ3v) is 3.46. The average Bonchev–Trinajstić information content (AvgIpc) is 2.88. The number of benzene rings is 1. The number of ether oxygens (including phenoxy) is 1. The highest BCUT2D eigenvalue weighted by atomic mass is 16.6. The maximum absolute atomic E-state index is 12.5. The third kappa shape index (κ3) is 5.49. The lowest BCUT2D eigenvalue weighted by molar-refractivity contribution is 0.0526. The monoisotopic (exact) mass is 361 g/mol. The van der Waals surface area contributed by atoms with Crippen LogP contribution >= 0.6 is 0 Å². The summed E-state index contributed by atoms with van der Waals surface area (Å²) in [5.74, 6) is 0.00112. The van der Waals surface area contributed by atoms with Crippen LogP contribution in [0.4, 0.5) is 4.79 Å². The molecular weight excluding hydrogens is 334 g/mol. The molecule has 0 aliphatic rings. The summed E-state index contributed by atoms with van der Waals surface area (Å²) < 4.78 is 10.9. The maximum Gasteiger partial charge on any atom is 0.407 e. The molecule has 2 amide bonds. The number of amides is 2. The van der Waals surface area contributed by atoms with E-state index in [2.05, 4.69) is 10.6 Å². The predicted octanol–water partition coefficient (Wildman–Crippen LogP) is 2.75. The molecule has 0 aliphatic carbocycles. The molecule has 0 atom stereocenters. The molecule has 0 radical (unpaired) electrons. The van der Waals surface area contributed by atoms with Crippen molar-refractivity contribution < 1.29 is 18.7 Å². The first-order valence-corrected chi connectivity index (χ1v) is 8.57. The zero-order valence-corrected chi connectivity index (χ0v) is 16.0. The number of para-hydroxylation sites is 1. The first-order valence-electron chi connectivity index (χ1n) is 8.57. The maximum atomic E-state index is 12.5. The number of carbonyl (C=O) groups is 2. The number of fused-ring (bicyclic) bond motifs is 1. The van der Waals surface area contributed by atoms with Gasteiger partial charge in [0.2, 0.25) is 0 Å². The minimum absolute atomic E-state index is 0.268. The Morgan fingerprint density at radius 2 is 1.77 bits per heavy atom. The number of nitrogens with zero attached hydrogens (tertiary/aromatic N) is 1. The number of alkyl carbamates (subject to hydrolysis) is 1. The van der Waals surface area contributed by atoms with Gasteiger partial charge in [-0.2, -0.15) is 0 Å². The Morgan fingerprint density at radius 1 is 1.12 bits per heavy atom. The first-order chi connectivity index (χ1) is 12.2. The second-order valence-corrected chi connectivity index (χ2v) is 7.33. The summed E-state index contributed by atoms with van der Waals surface area (Å²) in [4.78, 5) is 26.1. The Hall–Kier alpha value is -2.54. The van der Waals surface area contributed by atoms with Crippen LogP contribution in [-0.4, -0.2) is 49.7 Å². The van der Waals surface area contributed by atoms with Crippen molar-refractivity contribution in [2.75, 3.05) is 27.2 Å². The van der Waals surface area contributed by atoms with Gasteiger partial charge in [0, 0.05) is 30.6 Å². The molecule has 0 bridgehead atoms. The fraction of sp³-hybridized carbons (Fsp3) is 0.474. The van der Waals surface area contributed by atoms with Crippen LogP contribution in [0, 0.1) is 0 Å². The minimum Gasteiger partial charge on any atom is -0.451 e. The average molecular weight is 361 g/mol. The molecule has 1 aromatic carbocycles. The van der Waals surface area contributed by atoms with Gasteiger partial charge in [-0.1, -0.05) is 18.2 Å². The van der Waals surface area contributed by atoms with Crippen molar-refractivity contribution in [2.24, 2.45) is 0 Å². The smallest absolute Gasteiger partial charge is 0.407 e. The van der Waals surface area contributed by atoms with Crippen molar-refractivity contribution in [3.05, 3.63) is 35.6 Å². The predicted molar refractivity (Wildman–Crippen MR) is 100 cm³/mol. The summed E-state index contributed by atoms with van der Waals surface area (Å²) in [5, 5.41) is 6.30. The van der Waals surface area contributed by atoms with Crippen LogP contribution in [0.5, 0.6) is 0 Å². The van der Waals surface area contributed by atoms with Gasteiger partial charge in [0.1, 0.15) is 11.2 Å². The van der Waals surface area contributed by atoms with E-state index in [1.165, 1.54) is 0 Å². The van der Waals surface area contributed by atoms with E-state index in [1.54, 1.807) is 20.8 Å². The van der Waals surface area contributed by atoms with Crippen LogP contribution in [0.3, 0.4) is 0 Å². The summed E-state index contributed by atoms with van der Waals surface area (Å²) in [6.45, 7) is 6.52. The van der Waals surface area contributed by atoms with Gasteiger partial charge in [0.05, 0.1) is 0 Å². The van der Waals surface area contributed by atoms with Gasteiger partial charge in [0.15, 0.2) is 5.76 Å². The zero-order valence-electron chi connectivity index (χ0n) is 16.0. The van der Waals surface area contributed by atoms with Crippen molar-refractivity contribution in [2.45, 2.75) is 32.9 Å². The number of hydrogen-bond acceptors (Lipinski definition) is 5. The molecule has 1 heterocycles. The molecule has 2 rings (SSSR count). The SMILES string of the molecule is CN(C)Cc1c(C(=O)NCCNC(=O)OC(C)(C)C)oc2ccccc12. The Balaban J connectivity index is 1.98. The van der Waals surface area contributed by atoms with Crippen LogP contribution in [0.25, 0.3) is 11.0 Å². The summed E-state index contributed by atoms with van der Waals surface area (Å²) in [5.41, 5.74) is 0.979. The van der Waals surface area contributed by atoms with E-state index in [0.29, 0.717) is 17.9 Å². The van der Waals surface area contributed by atoms with Gasteiger partial charge in [0.25, 0.3) is 5.91 Å². The molecule has 1 aromatic heterocycles. The van der Waals surface area contributed by atoms with E-state index in [-0.39, 0.29) is 19.0 Å². The number of furan rings is 1. The highest BCUT2D eigenvalue weighted by Crippen LogP contribution is 2.26. The fourth-order valence-electron chi connectivity index (χ4n) is 2.49. The van der Waals surface area contributed by atoms with E-state index in [9.17, 15) is 9.59 Å². The van der Waals surface area contributed by atoms with Crippen LogP contribution in [0.1, 0.15) is 36.9 Å². The van der Waals surface area contributed by atoms with Crippen molar-refractivity contribution in [3.8, 4) is 0 Å². The van der Waals surface area contributed by atoms with Gasteiger partial charge >= 0.3 is 6.09 Å². The van der Waals surface area contributed by atoms with Gasteiger partial charge in [-0.05, 0) is 40.9 Å². The standard InChI is InChI=1S/C19H27N3O4/c1-19(2,3)26-18(24)21-11-10-20-17(23)16-14(12-22(4)5)13-8-6-7-9-15(13)25-16/h6-9H,10-12H2,1-5H3,(H,20,23)(H,21,24). The van der Waals surface area contributed by atoms with E-state index < -0.39 is 11.7 Å². The molecule has 2 aromatic rings. The van der Waals surface area contributed by atoms with Gasteiger partial charge in [-0.25, -0.2) is 4.79 Å². The minimum atomic E-state index is -0.553. The molecule has 142 valence electrons. The lowest BCUT2D eigenvalue weighted by Gasteiger charge is -2.19. The molecule has 0 fully saturated rings. The molecule has 26 heavy (non-hydrogen) atoms.